The molecule has 0 unspecified atom stereocenters. The Balaban J connectivity index is 3.49. The van der Waals surface area contributed by atoms with Crippen LogP contribution in [0.1, 0.15) is 46.5 Å². The summed E-state index contributed by atoms with van der Waals surface area (Å²) >= 11 is 0. The maximum atomic E-state index is 11.1. The van der Waals surface area contributed by atoms with Crippen molar-refractivity contribution < 1.29 is 14.3 Å². The van der Waals surface area contributed by atoms with Crippen LogP contribution >= 0.6 is 0 Å². The largest absolute Gasteiger partial charge is 0.460 e. The van der Waals surface area contributed by atoms with Gasteiger partial charge in [-0.1, -0.05) is 26.7 Å². The Hall–Kier alpha value is -0.860. The van der Waals surface area contributed by atoms with Gasteiger partial charge in [-0.2, -0.15) is 0 Å². The van der Waals surface area contributed by atoms with E-state index >= 15 is 0 Å². The Morgan fingerprint density at radius 3 is 2.36 bits per heavy atom. The van der Waals surface area contributed by atoms with Crippen molar-refractivity contribution in [2.75, 3.05) is 6.61 Å². The highest BCUT2D eigenvalue weighted by molar-refractivity contribution is 6.33. The number of unbranched alkanes of at least 4 members (excludes halogenated alkanes) is 1. The first-order valence-corrected chi connectivity index (χ1v) is 5.27. The maximum absolute atomic E-state index is 11.1. The topological polar surface area (TPSA) is 43.4 Å². The summed E-state index contributed by atoms with van der Waals surface area (Å²) in [5, 5.41) is 0. The fourth-order valence-electron chi connectivity index (χ4n) is 1.15. The SMILES string of the molecule is CCOC(=O)C(=O)CCCCC(C)C. The molecule has 0 aliphatic heterocycles. The van der Waals surface area contributed by atoms with Crippen LogP contribution in [0.25, 0.3) is 0 Å². The van der Waals surface area contributed by atoms with E-state index in [9.17, 15) is 9.59 Å². The van der Waals surface area contributed by atoms with Crippen LogP contribution in [0.4, 0.5) is 0 Å². The summed E-state index contributed by atoms with van der Waals surface area (Å²) in [7, 11) is 0. The minimum Gasteiger partial charge on any atom is -0.460 e. The van der Waals surface area contributed by atoms with Gasteiger partial charge in [0.15, 0.2) is 0 Å². The van der Waals surface area contributed by atoms with Gasteiger partial charge in [0.2, 0.25) is 5.78 Å². The number of esters is 1. The van der Waals surface area contributed by atoms with Crippen molar-refractivity contribution in [1.82, 2.24) is 0 Å². The summed E-state index contributed by atoms with van der Waals surface area (Å²) in [5.41, 5.74) is 0. The number of Topliss-reactive ketones (excluding diaryl/α,β-unsaturated/α-hetero) is 1. The number of carbonyl (C=O) groups is 2. The molecule has 0 amide bonds. The van der Waals surface area contributed by atoms with Crippen molar-refractivity contribution in [2.45, 2.75) is 46.5 Å². The van der Waals surface area contributed by atoms with Gasteiger partial charge in [0.1, 0.15) is 0 Å². The summed E-state index contributed by atoms with van der Waals surface area (Å²) in [5.74, 6) is -0.416. The van der Waals surface area contributed by atoms with Crippen molar-refractivity contribution in [3.63, 3.8) is 0 Å². The van der Waals surface area contributed by atoms with Crippen molar-refractivity contribution >= 4 is 11.8 Å². The zero-order valence-corrected chi connectivity index (χ0v) is 9.34. The Morgan fingerprint density at radius 1 is 1.21 bits per heavy atom. The van der Waals surface area contributed by atoms with Crippen LogP contribution in [0.3, 0.4) is 0 Å². The lowest BCUT2D eigenvalue weighted by molar-refractivity contribution is -0.153. The first kappa shape index (κ1) is 13.1. The Kier molecular flexibility index (Phi) is 7.07. The van der Waals surface area contributed by atoms with Crippen molar-refractivity contribution in [2.24, 2.45) is 5.92 Å². The van der Waals surface area contributed by atoms with E-state index in [4.69, 9.17) is 0 Å². The van der Waals surface area contributed by atoms with Crippen LogP contribution < -0.4 is 0 Å². The summed E-state index contributed by atoms with van der Waals surface area (Å²) in [4.78, 5) is 22.0. The van der Waals surface area contributed by atoms with Gasteiger partial charge in [0.25, 0.3) is 0 Å². The molecule has 0 heterocycles. The standard InChI is InChI=1S/C11H20O3/c1-4-14-11(13)10(12)8-6-5-7-9(2)3/h9H,4-8H2,1-3H3. The van der Waals surface area contributed by atoms with E-state index in [1.807, 2.05) is 0 Å². The van der Waals surface area contributed by atoms with Gasteiger partial charge in [0, 0.05) is 6.42 Å². The van der Waals surface area contributed by atoms with Gasteiger partial charge < -0.3 is 4.74 Å². The number of carbonyl (C=O) groups excluding carboxylic acids is 2. The first-order valence-electron chi connectivity index (χ1n) is 5.27. The van der Waals surface area contributed by atoms with E-state index in [1.165, 1.54) is 0 Å². The van der Waals surface area contributed by atoms with E-state index < -0.39 is 11.8 Å². The number of ketones is 1. The molecule has 0 saturated heterocycles. The van der Waals surface area contributed by atoms with Crippen LogP contribution in [0.15, 0.2) is 0 Å². The maximum Gasteiger partial charge on any atom is 0.374 e. The summed E-state index contributed by atoms with van der Waals surface area (Å²) in [6.45, 7) is 6.26. The highest BCUT2D eigenvalue weighted by Gasteiger charge is 2.13. The molecule has 0 aliphatic rings. The quantitative estimate of drug-likeness (QED) is 0.360. The van der Waals surface area contributed by atoms with E-state index in [-0.39, 0.29) is 6.61 Å². The lowest BCUT2D eigenvalue weighted by Gasteiger charge is -2.03. The molecular weight excluding hydrogens is 180 g/mol. The highest BCUT2D eigenvalue weighted by atomic mass is 16.5. The molecule has 0 aromatic carbocycles. The molecule has 0 N–H and O–H groups in total. The zero-order chi connectivity index (χ0) is 11.0. The van der Waals surface area contributed by atoms with E-state index in [2.05, 4.69) is 18.6 Å². The van der Waals surface area contributed by atoms with Crippen LogP contribution in [0.2, 0.25) is 0 Å². The zero-order valence-electron chi connectivity index (χ0n) is 9.34. The van der Waals surface area contributed by atoms with Gasteiger partial charge in [-0.15, -0.1) is 0 Å². The van der Waals surface area contributed by atoms with Gasteiger partial charge in [-0.25, -0.2) is 4.79 Å². The van der Waals surface area contributed by atoms with Crippen LogP contribution in [0, 0.1) is 5.92 Å². The highest BCUT2D eigenvalue weighted by Crippen LogP contribution is 2.08. The lowest BCUT2D eigenvalue weighted by Crippen LogP contribution is -2.16. The van der Waals surface area contributed by atoms with E-state index in [0.717, 1.165) is 19.3 Å². The van der Waals surface area contributed by atoms with Crippen molar-refractivity contribution in [3.8, 4) is 0 Å². The van der Waals surface area contributed by atoms with Crippen LogP contribution in [-0.2, 0) is 14.3 Å². The third-order valence-electron chi connectivity index (χ3n) is 1.94. The van der Waals surface area contributed by atoms with Gasteiger partial charge >= 0.3 is 5.97 Å². The van der Waals surface area contributed by atoms with Crippen LogP contribution in [-0.4, -0.2) is 18.4 Å². The monoisotopic (exact) mass is 200 g/mol. The molecule has 82 valence electrons. The molecule has 3 nitrogen and oxygen atoms in total. The predicted molar refractivity (Wildman–Crippen MR) is 54.9 cm³/mol. The van der Waals surface area contributed by atoms with Crippen molar-refractivity contribution in [3.05, 3.63) is 0 Å². The molecule has 0 atom stereocenters. The smallest absolute Gasteiger partial charge is 0.374 e. The molecule has 0 fully saturated rings. The normalized spacial score (nSPS) is 10.3. The molecule has 0 aromatic rings. The number of hydrogen-bond donors (Lipinski definition) is 0. The third-order valence-corrected chi connectivity index (χ3v) is 1.94. The summed E-state index contributed by atoms with van der Waals surface area (Å²) < 4.78 is 4.59. The second-order valence-electron chi connectivity index (χ2n) is 3.78. The van der Waals surface area contributed by atoms with Gasteiger partial charge in [0.05, 0.1) is 6.61 Å². The molecule has 3 heteroatoms. The molecule has 14 heavy (non-hydrogen) atoms. The van der Waals surface area contributed by atoms with Crippen molar-refractivity contribution in [1.29, 1.82) is 0 Å². The number of rotatable bonds is 7. The minimum atomic E-state index is -0.683. The predicted octanol–water partition coefficient (Wildman–Crippen LogP) is 2.33. The molecule has 0 aliphatic carbocycles. The molecule has 0 radical (unpaired) electrons. The van der Waals surface area contributed by atoms with E-state index in [1.54, 1.807) is 6.92 Å². The molecule has 0 saturated carbocycles. The minimum absolute atomic E-state index is 0.274. The fraction of sp³-hybridized carbons (Fsp3) is 0.818. The second kappa shape index (κ2) is 7.54. The number of ether oxygens (including phenoxy) is 1. The molecule has 0 spiro atoms. The number of hydrogen-bond acceptors (Lipinski definition) is 3. The molecular formula is C11H20O3. The molecule has 0 bridgehead atoms. The Bertz CT molecular complexity index is 185. The summed E-state index contributed by atoms with van der Waals surface area (Å²) in [6, 6.07) is 0. The Morgan fingerprint density at radius 2 is 1.86 bits per heavy atom. The summed E-state index contributed by atoms with van der Waals surface area (Å²) in [6.07, 6.45) is 3.22. The lowest BCUT2D eigenvalue weighted by atomic mass is 10.0. The second-order valence-corrected chi connectivity index (χ2v) is 3.78. The van der Waals surface area contributed by atoms with Gasteiger partial charge in [-0.05, 0) is 19.3 Å². The Labute approximate surface area is 85.8 Å². The fourth-order valence-corrected chi connectivity index (χ4v) is 1.15. The first-order chi connectivity index (χ1) is 6.57. The van der Waals surface area contributed by atoms with Gasteiger partial charge in [-0.3, -0.25) is 4.79 Å². The van der Waals surface area contributed by atoms with E-state index in [0.29, 0.717) is 12.3 Å². The molecule has 0 rings (SSSR count). The average Bonchev–Trinajstić information content (AvgIpc) is 2.12. The van der Waals surface area contributed by atoms with Crippen LogP contribution in [0.5, 0.6) is 0 Å². The third kappa shape index (κ3) is 6.63. The average molecular weight is 200 g/mol. The molecule has 0 aromatic heterocycles.